The van der Waals surface area contributed by atoms with Gasteiger partial charge in [-0.3, -0.25) is 5.10 Å². The SMILES string of the molecule is Cc1[nH]c2cc(F)ccc2c1-c1[nH]ncc1C(=O)O. The van der Waals surface area contributed by atoms with Crippen molar-refractivity contribution in [2.45, 2.75) is 6.92 Å². The van der Waals surface area contributed by atoms with Crippen LogP contribution in [0.25, 0.3) is 22.2 Å². The lowest BCUT2D eigenvalue weighted by atomic mass is 10.0. The summed E-state index contributed by atoms with van der Waals surface area (Å²) in [6, 6.07) is 4.34. The summed E-state index contributed by atoms with van der Waals surface area (Å²) in [6.45, 7) is 1.81. The Labute approximate surface area is 107 Å². The number of hydrogen-bond acceptors (Lipinski definition) is 2. The lowest BCUT2D eigenvalue weighted by Crippen LogP contribution is -1.97. The lowest BCUT2D eigenvalue weighted by molar-refractivity contribution is 0.0698. The average Bonchev–Trinajstić information content (AvgIpc) is 2.91. The molecule has 0 aliphatic carbocycles. The summed E-state index contributed by atoms with van der Waals surface area (Å²) in [6.07, 6.45) is 1.26. The highest BCUT2D eigenvalue weighted by atomic mass is 19.1. The molecule has 0 fully saturated rings. The maximum Gasteiger partial charge on any atom is 0.339 e. The van der Waals surface area contributed by atoms with Crippen molar-refractivity contribution < 1.29 is 14.3 Å². The van der Waals surface area contributed by atoms with E-state index in [1.54, 1.807) is 13.0 Å². The molecule has 1 aromatic carbocycles. The number of hydrogen-bond donors (Lipinski definition) is 3. The van der Waals surface area contributed by atoms with Gasteiger partial charge in [-0.2, -0.15) is 5.10 Å². The predicted octanol–water partition coefficient (Wildman–Crippen LogP) is 2.70. The Morgan fingerprint density at radius 3 is 2.95 bits per heavy atom. The molecule has 0 bridgehead atoms. The monoisotopic (exact) mass is 259 g/mol. The van der Waals surface area contributed by atoms with E-state index in [1.165, 1.54) is 18.3 Å². The molecule has 0 aliphatic heterocycles. The zero-order valence-electron chi connectivity index (χ0n) is 9.99. The van der Waals surface area contributed by atoms with Crippen LogP contribution in [0.3, 0.4) is 0 Å². The second-order valence-corrected chi connectivity index (χ2v) is 4.28. The molecule has 0 atom stereocenters. The van der Waals surface area contributed by atoms with Gasteiger partial charge < -0.3 is 10.1 Å². The first-order valence-electron chi connectivity index (χ1n) is 5.63. The van der Waals surface area contributed by atoms with Gasteiger partial charge in [0, 0.05) is 22.2 Å². The molecule has 0 saturated heterocycles. The Morgan fingerprint density at radius 2 is 2.21 bits per heavy atom. The zero-order chi connectivity index (χ0) is 13.6. The number of aromatic nitrogens is 3. The third-order valence-corrected chi connectivity index (χ3v) is 3.07. The third kappa shape index (κ3) is 1.69. The lowest BCUT2D eigenvalue weighted by Gasteiger charge is -2.00. The van der Waals surface area contributed by atoms with Crippen molar-refractivity contribution in [2.75, 3.05) is 0 Å². The molecular formula is C13H10FN3O2. The standard InChI is InChI=1S/C13H10FN3O2/c1-6-11(12-9(13(18)19)5-15-17-12)8-3-2-7(14)4-10(8)16-6/h2-5,16H,1H3,(H,15,17)(H,18,19). The molecule has 0 saturated carbocycles. The molecule has 5 nitrogen and oxygen atoms in total. The van der Waals surface area contributed by atoms with Crippen LogP contribution >= 0.6 is 0 Å². The van der Waals surface area contributed by atoms with Gasteiger partial charge in [0.2, 0.25) is 0 Å². The number of halogens is 1. The number of aromatic amines is 2. The van der Waals surface area contributed by atoms with Crippen LogP contribution in [-0.2, 0) is 0 Å². The van der Waals surface area contributed by atoms with Gasteiger partial charge in [0.1, 0.15) is 11.4 Å². The van der Waals surface area contributed by atoms with Crippen molar-refractivity contribution in [3.05, 3.63) is 41.5 Å². The van der Waals surface area contributed by atoms with Gasteiger partial charge in [-0.1, -0.05) is 0 Å². The summed E-state index contributed by atoms with van der Waals surface area (Å²) < 4.78 is 13.2. The second kappa shape index (κ2) is 3.94. The Bertz CT molecular complexity index is 788. The van der Waals surface area contributed by atoms with E-state index in [0.717, 1.165) is 11.1 Å². The zero-order valence-corrected chi connectivity index (χ0v) is 9.99. The van der Waals surface area contributed by atoms with Crippen molar-refractivity contribution >= 4 is 16.9 Å². The van der Waals surface area contributed by atoms with E-state index in [1.807, 2.05) is 0 Å². The fourth-order valence-electron chi connectivity index (χ4n) is 2.27. The Balaban J connectivity index is 2.33. The minimum absolute atomic E-state index is 0.0910. The smallest absolute Gasteiger partial charge is 0.339 e. The van der Waals surface area contributed by atoms with Gasteiger partial charge in [0.05, 0.1) is 11.9 Å². The molecule has 3 aromatic rings. The van der Waals surface area contributed by atoms with Gasteiger partial charge in [-0.25, -0.2) is 9.18 Å². The summed E-state index contributed by atoms with van der Waals surface area (Å²) in [5.74, 6) is -1.40. The van der Waals surface area contributed by atoms with Crippen molar-refractivity contribution in [3.8, 4) is 11.3 Å². The Morgan fingerprint density at radius 1 is 1.42 bits per heavy atom. The van der Waals surface area contributed by atoms with E-state index in [0.29, 0.717) is 16.8 Å². The molecule has 0 amide bonds. The fourth-order valence-corrected chi connectivity index (χ4v) is 2.27. The second-order valence-electron chi connectivity index (χ2n) is 4.28. The molecule has 2 aromatic heterocycles. The molecule has 2 heterocycles. The number of rotatable bonds is 2. The van der Waals surface area contributed by atoms with Crippen LogP contribution in [-0.4, -0.2) is 26.3 Å². The fraction of sp³-hybridized carbons (Fsp3) is 0.0769. The average molecular weight is 259 g/mol. The van der Waals surface area contributed by atoms with Crippen LogP contribution in [0.2, 0.25) is 0 Å². The van der Waals surface area contributed by atoms with Gasteiger partial charge in [0.25, 0.3) is 0 Å². The molecule has 0 radical (unpaired) electrons. The largest absolute Gasteiger partial charge is 0.478 e. The highest BCUT2D eigenvalue weighted by Gasteiger charge is 2.19. The predicted molar refractivity (Wildman–Crippen MR) is 67.5 cm³/mol. The molecule has 0 unspecified atom stereocenters. The quantitative estimate of drug-likeness (QED) is 0.661. The first-order chi connectivity index (χ1) is 9.08. The van der Waals surface area contributed by atoms with Gasteiger partial charge in [-0.15, -0.1) is 0 Å². The summed E-state index contributed by atoms with van der Waals surface area (Å²) in [5, 5.41) is 16.3. The number of carboxylic acids is 1. The normalized spacial score (nSPS) is 11.1. The molecule has 0 aliphatic rings. The molecule has 19 heavy (non-hydrogen) atoms. The van der Waals surface area contributed by atoms with Crippen molar-refractivity contribution in [3.63, 3.8) is 0 Å². The van der Waals surface area contributed by atoms with Gasteiger partial charge in [0.15, 0.2) is 0 Å². The van der Waals surface area contributed by atoms with Crippen LogP contribution < -0.4 is 0 Å². The Hall–Kier alpha value is -2.63. The molecule has 3 N–H and O–H groups in total. The third-order valence-electron chi connectivity index (χ3n) is 3.07. The van der Waals surface area contributed by atoms with Crippen molar-refractivity contribution in [2.24, 2.45) is 0 Å². The summed E-state index contributed by atoms with van der Waals surface area (Å²) in [5.41, 5.74) is 2.59. The number of nitrogens with one attached hydrogen (secondary N) is 2. The van der Waals surface area contributed by atoms with E-state index in [2.05, 4.69) is 15.2 Å². The van der Waals surface area contributed by atoms with E-state index >= 15 is 0 Å². The maximum absolute atomic E-state index is 13.2. The number of H-pyrrole nitrogens is 2. The van der Waals surface area contributed by atoms with Crippen molar-refractivity contribution in [1.82, 2.24) is 15.2 Å². The summed E-state index contributed by atoms with van der Waals surface area (Å²) in [4.78, 5) is 14.2. The summed E-state index contributed by atoms with van der Waals surface area (Å²) >= 11 is 0. The van der Waals surface area contributed by atoms with E-state index in [9.17, 15) is 9.18 Å². The molecule has 0 spiro atoms. The Kier molecular flexibility index (Phi) is 2.38. The number of carbonyl (C=O) groups is 1. The van der Waals surface area contributed by atoms with Gasteiger partial charge >= 0.3 is 5.97 Å². The molecule has 6 heteroatoms. The number of benzene rings is 1. The maximum atomic E-state index is 13.2. The van der Waals surface area contributed by atoms with Crippen LogP contribution in [0.15, 0.2) is 24.4 Å². The number of carboxylic acid groups (broad SMARTS) is 1. The minimum atomic E-state index is -1.06. The first kappa shape index (κ1) is 11.5. The van der Waals surface area contributed by atoms with E-state index in [4.69, 9.17) is 5.11 Å². The van der Waals surface area contributed by atoms with Crippen LogP contribution in [0, 0.1) is 12.7 Å². The number of fused-ring (bicyclic) bond motifs is 1. The highest BCUT2D eigenvalue weighted by molar-refractivity contribution is 6.03. The minimum Gasteiger partial charge on any atom is -0.478 e. The van der Waals surface area contributed by atoms with Crippen molar-refractivity contribution in [1.29, 1.82) is 0 Å². The first-order valence-corrected chi connectivity index (χ1v) is 5.63. The summed E-state index contributed by atoms with van der Waals surface area (Å²) in [7, 11) is 0. The molecule has 96 valence electrons. The number of nitrogens with zero attached hydrogens (tertiary/aromatic N) is 1. The number of aromatic carboxylic acids is 1. The highest BCUT2D eigenvalue weighted by Crippen LogP contribution is 2.33. The van der Waals surface area contributed by atoms with E-state index < -0.39 is 5.97 Å². The van der Waals surface area contributed by atoms with Crippen LogP contribution in [0.4, 0.5) is 4.39 Å². The number of aryl methyl sites for hydroxylation is 1. The van der Waals surface area contributed by atoms with Gasteiger partial charge in [-0.05, 0) is 25.1 Å². The molecular weight excluding hydrogens is 249 g/mol. The molecule has 3 rings (SSSR count). The van der Waals surface area contributed by atoms with Crippen LogP contribution in [0.1, 0.15) is 16.1 Å². The topological polar surface area (TPSA) is 81.8 Å². The van der Waals surface area contributed by atoms with Crippen LogP contribution in [0.5, 0.6) is 0 Å². The van der Waals surface area contributed by atoms with E-state index in [-0.39, 0.29) is 11.4 Å².